The van der Waals surface area contributed by atoms with Crippen LogP contribution in [0.1, 0.15) is 33.1 Å². The van der Waals surface area contributed by atoms with Gasteiger partial charge in [-0.25, -0.2) is 0 Å². The van der Waals surface area contributed by atoms with Gasteiger partial charge in [0.15, 0.2) is 0 Å². The van der Waals surface area contributed by atoms with Gasteiger partial charge in [-0.1, -0.05) is 13.8 Å². The molecule has 0 saturated heterocycles. The zero-order chi connectivity index (χ0) is 12.2. The highest BCUT2D eigenvalue weighted by Gasteiger charge is 1.99. The monoisotopic (exact) mass is 230 g/mol. The summed E-state index contributed by atoms with van der Waals surface area (Å²) in [6.07, 6.45) is 2.56. The summed E-state index contributed by atoms with van der Waals surface area (Å²) in [6, 6.07) is 0. The third kappa shape index (κ3) is 11.5. The van der Waals surface area contributed by atoms with Gasteiger partial charge in [0, 0.05) is 19.6 Å². The molecule has 0 aromatic heterocycles. The predicted octanol–water partition coefficient (Wildman–Crippen LogP) is 1.16. The third-order valence-corrected chi connectivity index (χ3v) is 2.24. The Morgan fingerprint density at radius 1 is 1.25 bits per heavy atom. The lowest BCUT2D eigenvalue weighted by Gasteiger charge is -2.07. The van der Waals surface area contributed by atoms with Crippen molar-refractivity contribution in [1.29, 1.82) is 0 Å². The lowest BCUT2D eigenvalue weighted by molar-refractivity contribution is -0.121. The van der Waals surface area contributed by atoms with E-state index in [2.05, 4.69) is 24.5 Å². The molecule has 0 aliphatic carbocycles. The molecule has 0 bridgehead atoms. The number of nitrogens with one attached hydrogen (secondary N) is 2. The molecule has 4 heteroatoms. The van der Waals surface area contributed by atoms with Gasteiger partial charge in [0.1, 0.15) is 0 Å². The third-order valence-electron chi connectivity index (χ3n) is 2.24. The maximum Gasteiger partial charge on any atom is 0.220 e. The van der Waals surface area contributed by atoms with E-state index in [1.165, 1.54) is 0 Å². The molecule has 0 aliphatic rings. The minimum atomic E-state index is 0.114. The van der Waals surface area contributed by atoms with Crippen molar-refractivity contribution < 1.29 is 9.53 Å². The van der Waals surface area contributed by atoms with Gasteiger partial charge in [0.25, 0.3) is 0 Å². The Morgan fingerprint density at radius 2 is 2.00 bits per heavy atom. The molecule has 0 aliphatic heterocycles. The number of rotatable bonds is 10. The van der Waals surface area contributed by atoms with Crippen LogP contribution in [0.15, 0.2) is 0 Å². The molecule has 1 amide bonds. The first-order valence-corrected chi connectivity index (χ1v) is 6.16. The standard InChI is InChI=1S/C12H26N2O2/c1-11(2)6-9-16-10-8-14-12(15)5-4-7-13-3/h11,13H,4-10H2,1-3H3,(H,14,15). The molecule has 4 nitrogen and oxygen atoms in total. The molecule has 0 aromatic rings. The van der Waals surface area contributed by atoms with E-state index in [9.17, 15) is 4.79 Å². The van der Waals surface area contributed by atoms with Crippen molar-refractivity contribution in [3.63, 3.8) is 0 Å². The average Bonchev–Trinajstić information content (AvgIpc) is 2.23. The summed E-state index contributed by atoms with van der Waals surface area (Å²) >= 11 is 0. The van der Waals surface area contributed by atoms with Gasteiger partial charge in [-0.05, 0) is 32.4 Å². The van der Waals surface area contributed by atoms with E-state index in [0.717, 1.165) is 26.0 Å². The van der Waals surface area contributed by atoms with Crippen molar-refractivity contribution in [2.45, 2.75) is 33.1 Å². The number of carbonyl (C=O) groups excluding carboxylic acids is 1. The zero-order valence-corrected chi connectivity index (χ0v) is 10.8. The quantitative estimate of drug-likeness (QED) is 0.554. The smallest absolute Gasteiger partial charge is 0.220 e. The predicted molar refractivity (Wildman–Crippen MR) is 66.4 cm³/mol. The molecule has 0 radical (unpaired) electrons. The highest BCUT2D eigenvalue weighted by molar-refractivity contribution is 5.75. The van der Waals surface area contributed by atoms with E-state index in [-0.39, 0.29) is 5.91 Å². The first-order chi connectivity index (χ1) is 7.66. The van der Waals surface area contributed by atoms with Crippen molar-refractivity contribution in [2.75, 3.05) is 33.4 Å². The van der Waals surface area contributed by atoms with E-state index >= 15 is 0 Å². The van der Waals surface area contributed by atoms with Crippen molar-refractivity contribution in [3.8, 4) is 0 Å². The first kappa shape index (κ1) is 15.4. The van der Waals surface area contributed by atoms with Gasteiger partial charge in [0.05, 0.1) is 6.61 Å². The van der Waals surface area contributed by atoms with E-state index < -0.39 is 0 Å². The summed E-state index contributed by atoms with van der Waals surface area (Å²) in [5, 5.41) is 5.85. The fourth-order valence-corrected chi connectivity index (χ4v) is 1.20. The summed E-state index contributed by atoms with van der Waals surface area (Å²) in [7, 11) is 1.89. The van der Waals surface area contributed by atoms with Crippen LogP contribution in [-0.4, -0.2) is 39.3 Å². The van der Waals surface area contributed by atoms with Gasteiger partial charge in [-0.15, -0.1) is 0 Å². The average molecular weight is 230 g/mol. The highest BCUT2D eigenvalue weighted by atomic mass is 16.5. The van der Waals surface area contributed by atoms with Crippen LogP contribution in [0.4, 0.5) is 0 Å². The molecule has 0 spiro atoms. The highest BCUT2D eigenvalue weighted by Crippen LogP contribution is 1.98. The van der Waals surface area contributed by atoms with E-state index in [4.69, 9.17) is 4.74 Å². The second-order valence-electron chi connectivity index (χ2n) is 4.35. The topological polar surface area (TPSA) is 50.4 Å². The Kier molecular flexibility index (Phi) is 10.5. The van der Waals surface area contributed by atoms with Crippen LogP contribution in [0.5, 0.6) is 0 Å². The van der Waals surface area contributed by atoms with Crippen molar-refractivity contribution in [3.05, 3.63) is 0 Å². The molecular formula is C12H26N2O2. The van der Waals surface area contributed by atoms with Gasteiger partial charge in [-0.3, -0.25) is 4.79 Å². The number of hydrogen-bond donors (Lipinski definition) is 2. The first-order valence-electron chi connectivity index (χ1n) is 6.16. The summed E-state index contributed by atoms with van der Waals surface area (Å²) in [5.41, 5.74) is 0. The van der Waals surface area contributed by atoms with Crippen molar-refractivity contribution in [1.82, 2.24) is 10.6 Å². The Balaban J connectivity index is 3.15. The van der Waals surface area contributed by atoms with Crippen LogP contribution in [0.2, 0.25) is 0 Å². The van der Waals surface area contributed by atoms with E-state index in [1.54, 1.807) is 0 Å². The fourth-order valence-electron chi connectivity index (χ4n) is 1.20. The number of ether oxygens (including phenoxy) is 1. The minimum absolute atomic E-state index is 0.114. The molecule has 96 valence electrons. The van der Waals surface area contributed by atoms with E-state index in [0.29, 0.717) is 25.5 Å². The summed E-state index contributed by atoms with van der Waals surface area (Å²) in [5.74, 6) is 0.791. The molecule has 0 fully saturated rings. The molecular weight excluding hydrogens is 204 g/mol. The van der Waals surface area contributed by atoms with Crippen LogP contribution in [0.3, 0.4) is 0 Å². The Labute approximate surface area is 99.1 Å². The number of hydrogen-bond acceptors (Lipinski definition) is 3. The zero-order valence-electron chi connectivity index (χ0n) is 10.8. The van der Waals surface area contributed by atoms with Crippen molar-refractivity contribution >= 4 is 5.91 Å². The van der Waals surface area contributed by atoms with Crippen LogP contribution >= 0.6 is 0 Å². The van der Waals surface area contributed by atoms with Crippen LogP contribution in [0.25, 0.3) is 0 Å². The maximum atomic E-state index is 11.3. The van der Waals surface area contributed by atoms with Crippen molar-refractivity contribution in [2.24, 2.45) is 5.92 Å². The maximum absolute atomic E-state index is 11.3. The van der Waals surface area contributed by atoms with Crippen LogP contribution < -0.4 is 10.6 Å². The molecule has 0 aromatic carbocycles. The number of carbonyl (C=O) groups is 1. The molecule has 0 unspecified atom stereocenters. The Bertz CT molecular complexity index is 172. The molecule has 0 atom stereocenters. The van der Waals surface area contributed by atoms with Gasteiger partial charge in [0.2, 0.25) is 5.91 Å². The molecule has 16 heavy (non-hydrogen) atoms. The largest absolute Gasteiger partial charge is 0.380 e. The fraction of sp³-hybridized carbons (Fsp3) is 0.917. The second kappa shape index (κ2) is 10.9. The number of amides is 1. The van der Waals surface area contributed by atoms with Crippen LogP contribution in [0, 0.1) is 5.92 Å². The molecule has 2 N–H and O–H groups in total. The van der Waals surface area contributed by atoms with Gasteiger partial charge < -0.3 is 15.4 Å². The Hall–Kier alpha value is -0.610. The van der Waals surface area contributed by atoms with Gasteiger partial charge in [-0.2, -0.15) is 0 Å². The normalized spacial score (nSPS) is 10.8. The minimum Gasteiger partial charge on any atom is -0.380 e. The summed E-state index contributed by atoms with van der Waals surface area (Å²) in [6.45, 7) is 7.26. The molecule has 0 heterocycles. The van der Waals surface area contributed by atoms with Crippen LogP contribution in [-0.2, 0) is 9.53 Å². The summed E-state index contributed by atoms with van der Waals surface area (Å²) in [4.78, 5) is 11.3. The molecule has 0 rings (SSSR count). The molecule has 0 saturated carbocycles. The Morgan fingerprint density at radius 3 is 2.62 bits per heavy atom. The van der Waals surface area contributed by atoms with Gasteiger partial charge >= 0.3 is 0 Å². The SMILES string of the molecule is CNCCCC(=O)NCCOCCC(C)C. The second-order valence-corrected chi connectivity index (χ2v) is 4.35. The van der Waals surface area contributed by atoms with E-state index in [1.807, 2.05) is 7.05 Å². The lowest BCUT2D eigenvalue weighted by Crippen LogP contribution is -2.27. The lowest BCUT2D eigenvalue weighted by atomic mass is 10.1. The summed E-state index contributed by atoms with van der Waals surface area (Å²) < 4.78 is 5.39.